The Bertz CT molecular complexity index is 937. The van der Waals surface area contributed by atoms with Crippen LogP contribution in [0, 0.1) is 5.92 Å². The van der Waals surface area contributed by atoms with E-state index < -0.39 is 5.54 Å². The van der Waals surface area contributed by atoms with Crippen LogP contribution in [0.5, 0.6) is 5.75 Å². The molecule has 2 fully saturated rings. The van der Waals surface area contributed by atoms with Crippen molar-refractivity contribution in [3.63, 3.8) is 0 Å². The molecule has 2 aliphatic rings. The number of benzene rings is 1. The molecule has 0 bridgehead atoms. The van der Waals surface area contributed by atoms with Gasteiger partial charge in [0.1, 0.15) is 11.3 Å². The van der Waals surface area contributed by atoms with Crippen molar-refractivity contribution in [1.82, 2.24) is 19.7 Å². The van der Waals surface area contributed by atoms with E-state index in [1.54, 1.807) is 13.3 Å². The zero-order chi connectivity index (χ0) is 22.7. The minimum atomic E-state index is -0.742. The van der Waals surface area contributed by atoms with Crippen LogP contribution in [-0.2, 0) is 17.9 Å². The number of carbonyl (C=O) groups is 2. The highest BCUT2D eigenvalue weighted by molar-refractivity contribution is 6.07. The first-order chi connectivity index (χ1) is 15.4. The molecule has 0 unspecified atom stereocenters. The number of rotatable bonds is 7. The summed E-state index contributed by atoms with van der Waals surface area (Å²) in [5.74, 6) is 0.985. The van der Waals surface area contributed by atoms with Crippen LogP contribution in [0.25, 0.3) is 0 Å². The summed E-state index contributed by atoms with van der Waals surface area (Å²) < 4.78 is 5.22. The number of urea groups is 1. The van der Waals surface area contributed by atoms with E-state index in [4.69, 9.17) is 4.74 Å². The van der Waals surface area contributed by atoms with Crippen LogP contribution in [-0.4, -0.2) is 63.9 Å². The molecule has 2 aromatic rings. The van der Waals surface area contributed by atoms with Crippen molar-refractivity contribution in [2.75, 3.05) is 26.7 Å². The Balaban J connectivity index is 1.51. The van der Waals surface area contributed by atoms with Crippen LogP contribution in [0.1, 0.15) is 37.9 Å². The fraction of sp³-hybridized carbons (Fsp3) is 0.480. The molecule has 0 N–H and O–H groups in total. The number of hydrogen-bond donors (Lipinski definition) is 0. The highest BCUT2D eigenvalue weighted by atomic mass is 16.5. The average molecular weight is 437 g/mol. The van der Waals surface area contributed by atoms with Gasteiger partial charge in [-0.2, -0.15) is 0 Å². The van der Waals surface area contributed by atoms with E-state index in [1.165, 1.54) is 4.90 Å². The summed E-state index contributed by atoms with van der Waals surface area (Å²) in [7, 11) is 1.62. The lowest BCUT2D eigenvalue weighted by Gasteiger charge is -2.42. The molecule has 1 spiro atoms. The van der Waals surface area contributed by atoms with E-state index in [0.29, 0.717) is 19.4 Å². The number of nitrogens with zero attached hydrogens (tertiary/aromatic N) is 4. The molecule has 0 atom stereocenters. The second kappa shape index (κ2) is 9.28. The number of hydrogen-bond acceptors (Lipinski definition) is 5. The number of pyridine rings is 1. The summed E-state index contributed by atoms with van der Waals surface area (Å²) in [6.07, 6.45) is 3.10. The molecule has 0 saturated carbocycles. The maximum Gasteiger partial charge on any atom is 0.327 e. The second-order valence-electron chi connectivity index (χ2n) is 9.16. The van der Waals surface area contributed by atoms with E-state index >= 15 is 0 Å². The van der Waals surface area contributed by atoms with Gasteiger partial charge in [0.15, 0.2) is 0 Å². The number of amides is 3. The van der Waals surface area contributed by atoms with Gasteiger partial charge in [-0.3, -0.25) is 19.6 Å². The third kappa shape index (κ3) is 4.35. The number of imide groups is 1. The van der Waals surface area contributed by atoms with E-state index in [9.17, 15) is 9.59 Å². The standard InChI is InChI=1S/C25H32N4O3/c1-19(2)16-29-24(31)28(17-20-7-9-22(32-3)10-8-20)23(30)25(29)11-14-27(15-12-25)18-21-6-4-5-13-26-21/h4-10,13,19H,11-12,14-18H2,1-3H3. The topological polar surface area (TPSA) is 66.0 Å². The Kier molecular flexibility index (Phi) is 6.46. The molecule has 3 amide bonds. The van der Waals surface area contributed by atoms with Gasteiger partial charge < -0.3 is 9.64 Å². The highest BCUT2D eigenvalue weighted by Crippen LogP contribution is 2.38. The van der Waals surface area contributed by atoms with E-state index in [0.717, 1.165) is 36.6 Å². The van der Waals surface area contributed by atoms with Crippen molar-refractivity contribution >= 4 is 11.9 Å². The molecule has 0 aliphatic carbocycles. The lowest BCUT2D eigenvalue weighted by Crippen LogP contribution is -2.57. The third-order valence-corrected chi connectivity index (χ3v) is 6.46. The summed E-state index contributed by atoms with van der Waals surface area (Å²) in [6.45, 7) is 7.35. The van der Waals surface area contributed by atoms with Gasteiger partial charge in [0.05, 0.1) is 19.3 Å². The molecule has 4 rings (SSSR count). The normalized spacial score (nSPS) is 18.8. The number of ether oxygens (including phenoxy) is 1. The lowest BCUT2D eigenvalue weighted by molar-refractivity contribution is -0.136. The predicted molar refractivity (Wildman–Crippen MR) is 122 cm³/mol. The van der Waals surface area contributed by atoms with Crippen LogP contribution in [0.4, 0.5) is 4.79 Å². The van der Waals surface area contributed by atoms with Gasteiger partial charge in [0.25, 0.3) is 5.91 Å². The number of methoxy groups -OCH3 is 1. The van der Waals surface area contributed by atoms with E-state index in [-0.39, 0.29) is 24.4 Å². The minimum Gasteiger partial charge on any atom is -0.497 e. The Morgan fingerprint density at radius 1 is 1.03 bits per heavy atom. The summed E-state index contributed by atoms with van der Waals surface area (Å²) >= 11 is 0. The molecule has 2 saturated heterocycles. The SMILES string of the molecule is COc1ccc(CN2C(=O)N(CC(C)C)C3(CCN(Cc4ccccn4)CC3)C2=O)cc1. The van der Waals surface area contributed by atoms with Gasteiger partial charge in [-0.05, 0) is 48.6 Å². The fourth-order valence-electron chi connectivity index (χ4n) is 4.74. The molecule has 3 heterocycles. The van der Waals surface area contributed by atoms with Crippen molar-refractivity contribution in [2.45, 2.75) is 45.3 Å². The summed E-state index contributed by atoms with van der Waals surface area (Å²) in [5.41, 5.74) is 1.20. The van der Waals surface area contributed by atoms with Crippen LogP contribution in [0.3, 0.4) is 0 Å². The van der Waals surface area contributed by atoms with Gasteiger partial charge in [0, 0.05) is 32.4 Å². The van der Waals surface area contributed by atoms with Gasteiger partial charge >= 0.3 is 6.03 Å². The van der Waals surface area contributed by atoms with Crippen molar-refractivity contribution < 1.29 is 14.3 Å². The van der Waals surface area contributed by atoms with Gasteiger partial charge in [-0.25, -0.2) is 4.79 Å². The summed E-state index contributed by atoms with van der Waals surface area (Å²) in [4.78, 5) is 37.1. The summed E-state index contributed by atoms with van der Waals surface area (Å²) in [5, 5.41) is 0. The Morgan fingerprint density at radius 2 is 1.75 bits per heavy atom. The van der Waals surface area contributed by atoms with Crippen LogP contribution >= 0.6 is 0 Å². The molecule has 0 radical (unpaired) electrons. The van der Waals surface area contributed by atoms with Crippen molar-refractivity contribution in [3.05, 3.63) is 59.9 Å². The zero-order valence-corrected chi connectivity index (χ0v) is 19.2. The molecular formula is C25H32N4O3. The van der Waals surface area contributed by atoms with Crippen LogP contribution in [0.15, 0.2) is 48.7 Å². The Labute approximate surface area is 190 Å². The van der Waals surface area contributed by atoms with E-state index in [1.807, 2.05) is 47.4 Å². The van der Waals surface area contributed by atoms with Crippen molar-refractivity contribution in [2.24, 2.45) is 5.92 Å². The maximum absolute atomic E-state index is 13.7. The van der Waals surface area contributed by atoms with Gasteiger partial charge in [-0.1, -0.05) is 32.0 Å². The summed E-state index contributed by atoms with van der Waals surface area (Å²) in [6, 6.07) is 13.3. The highest BCUT2D eigenvalue weighted by Gasteiger charge is 2.57. The Hall–Kier alpha value is -2.93. The van der Waals surface area contributed by atoms with Crippen LogP contribution in [0.2, 0.25) is 0 Å². The smallest absolute Gasteiger partial charge is 0.327 e. The van der Waals surface area contributed by atoms with E-state index in [2.05, 4.69) is 23.7 Å². The van der Waals surface area contributed by atoms with Gasteiger partial charge in [-0.15, -0.1) is 0 Å². The molecule has 1 aromatic carbocycles. The Morgan fingerprint density at radius 3 is 2.34 bits per heavy atom. The first-order valence-electron chi connectivity index (χ1n) is 11.3. The predicted octanol–water partition coefficient (Wildman–Crippen LogP) is 3.55. The minimum absolute atomic E-state index is 0.0588. The maximum atomic E-state index is 13.7. The second-order valence-corrected chi connectivity index (χ2v) is 9.16. The van der Waals surface area contributed by atoms with Crippen molar-refractivity contribution in [1.29, 1.82) is 0 Å². The van der Waals surface area contributed by atoms with Crippen molar-refractivity contribution in [3.8, 4) is 5.75 Å². The fourth-order valence-corrected chi connectivity index (χ4v) is 4.74. The number of piperidine rings is 1. The quantitative estimate of drug-likeness (QED) is 0.621. The number of aromatic nitrogens is 1. The monoisotopic (exact) mass is 436 g/mol. The van der Waals surface area contributed by atoms with Crippen LogP contribution < -0.4 is 4.74 Å². The molecular weight excluding hydrogens is 404 g/mol. The van der Waals surface area contributed by atoms with Gasteiger partial charge in [0.2, 0.25) is 0 Å². The molecule has 7 heteroatoms. The molecule has 170 valence electrons. The molecule has 7 nitrogen and oxygen atoms in total. The molecule has 1 aromatic heterocycles. The largest absolute Gasteiger partial charge is 0.497 e. The third-order valence-electron chi connectivity index (χ3n) is 6.46. The lowest BCUT2D eigenvalue weighted by atomic mass is 9.85. The molecule has 2 aliphatic heterocycles. The average Bonchev–Trinajstić information content (AvgIpc) is 2.98. The molecule has 32 heavy (non-hydrogen) atoms. The number of carbonyl (C=O) groups excluding carboxylic acids is 2. The number of likely N-dealkylation sites (tertiary alicyclic amines) is 1. The zero-order valence-electron chi connectivity index (χ0n) is 19.2. The first-order valence-corrected chi connectivity index (χ1v) is 11.3. The first kappa shape index (κ1) is 22.3.